The Labute approximate surface area is 88.4 Å². The summed E-state index contributed by atoms with van der Waals surface area (Å²) in [5.74, 6) is 0. The molecule has 0 amide bonds. The van der Waals surface area contributed by atoms with Crippen molar-refractivity contribution < 1.29 is 4.74 Å². The van der Waals surface area contributed by atoms with E-state index >= 15 is 0 Å². The molecule has 0 aromatic rings. The van der Waals surface area contributed by atoms with Gasteiger partial charge in [0.25, 0.3) is 0 Å². The van der Waals surface area contributed by atoms with E-state index in [0.29, 0.717) is 11.6 Å². The topological polar surface area (TPSA) is 21.3 Å². The Morgan fingerprint density at radius 3 is 2.50 bits per heavy atom. The molecule has 1 heterocycles. The van der Waals surface area contributed by atoms with Crippen molar-refractivity contribution in [2.75, 3.05) is 13.2 Å². The van der Waals surface area contributed by atoms with Crippen LogP contribution >= 0.6 is 0 Å². The highest BCUT2D eigenvalue weighted by Crippen LogP contribution is 2.16. The molecule has 0 radical (unpaired) electrons. The summed E-state index contributed by atoms with van der Waals surface area (Å²) in [6.07, 6.45) is 6.65. The third kappa shape index (κ3) is 3.58. The minimum atomic E-state index is 0.306. The molecule has 1 fully saturated rings. The summed E-state index contributed by atoms with van der Waals surface area (Å²) < 4.78 is 5.70. The Bertz CT molecular complexity index is 148. The second kappa shape index (κ2) is 5.72. The summed E-state index contributed by atoms with van der Waals surface area (Å²) in [7, 11) is 0. The van der Waals surface area contributed by atoms with Gasteiger partial charge in [-0.3, -0.25) is 0 Å². The van der Waals surface area contributed by atoms with Crippen molar-refractivity contribution in [2.45, 2.75) is 64.5 Å². The van der Waals surface area contributed by atoms with E-state index in [9.17, 15) is 0 Å². The molecule has 2 heteroatoms. The maximum Gasteiger partial charge on any atom is 0.0699 e. The van der Waals surface area contributed by atoms with Gasteiger partial charge >= 0.3 is 0 Å². The largest absolute Gasteiger partial charge is 0.377 e. The van der Waals surface area contributed by atoms with Gasteiger partial charge in [0.05, 0.1) is 6.10 Å². The Balaban J connectivity index is 2.23. The van der Waals surface area contributed by atoms with Gasteiger partial charge in [-0.2, -0.15) is 0 Å². The third-order valence-corrected chi connectivity index (χ3v) is 3.59. The second-order valence-corrected chi connectivity index (χ2v) is 4.64. The van der Waals surface area contributed by atoms with E-state index < -0.39 is 0 Å². The van der Waals surface area contributed by atoms with E-state index in [1.807, 2.05) is 0 Å². The van der Waals surface area contributed by atoms with Crippen LogP contribution in [-0.2, 0) is 4.74 Å². The molecule has 2 nitrogen and oxygen atoms in total. The maximum absolute atomic E-state index is 5.70. The van der Waals surface area contributed by atoms with Crippen LogP contribution in [0.5, 0.6) is 0 Å². The molecule has 1 N–H and O–H groups in total. The first-order valence-corrected chi connectivity index (χ1v) is 6.07. The first kappa shape index (κ1) is 12.0. The van der Waals surface area contributed by atoms with Gasteiger partial charge in [-0.05, 0) is 39.0 Å². The van der Waals surface area contributed by atoms with Crippen LogP contribution in [0.15, 0.2) is 0 Å². The van der Waals surface area contributed by atoms with Crippen LogP contribution in [0.3, 0.4) is 0 Å². The molecule has 1 aliphatic rings. The van der Waals surface area contributed by atoms with Crippen molar-refractivity contribution in [3.63, 3.8) is 0 Å². The fraction of sp³-hybridized carbons (Fsp3) is 1.00. The molecule has 14 heavy (non-hydrogen) atoms. The van der Waals surface area contributed by atoms with Gasteiger partial charge in [0, 0.05) is 18.7 Å². The zero-order chi connectivity index (χ0) is 10.4. The molecular weight excluding hydrogens is 174 g/mol. The molecular formula is C12H25NO. The molecule has 1 aliphatic heterocycles. The van der Waals surface area contributed by atoms with Gasteiger partial charge < -0.3 is 10.1 Å². The average Bonchev–Trinajstić information content (AvgIpc) is 2.27. The lowest BCUT2D eigenvalue weighted by Gasteiger charge is -2.32. The summed E-state index contributed by atoms with van der Waals surface area (Å²) in [6.45, 7) is 8.78. The highest BCUT2D eigenvalue weighted by molar-refractivity contribution is 4.81. The number of ether oxygens (including phenoxy) is 1. The number of rotatable bonds is 5. The van der Waals surface area contributed by atoms with Crippen LogP contribution in [0.2, 0.25) is 0 Å². The second-order valence-electron chi connectivity index (χ2n) is 4.64. The smallest absolute Gasteiger partial charge is 0.0699 e. The lowest BCUT2D eigenvalue weighted by molar-refractivity contribution is 0.0121. The molecule has 0 saturated carbocycles. The normalized spacial score (nSPS) is 23.8. The van der Waals surface area contributed by atoms with E-state index in [0.717, 1.165) is 13.2 Å². The predicted octanol–water partition coefficient (Wildman–Crippen LogP) is 2.72. The van der Waals surface area contributed by atoms with Gasteiger partial charge in [-0.15, -0.1) is 0 Å². The van der Waals surface area contributed by atoms with E-state index in [-0.39, 0.29) is 0 Å². The lowest BCUT2D eigenvalue weighted by Crippen LogP contribution is -2.46. The highest BCUT2D eigenvalue weighted by Gasteiger charge is 2.21. The van der Waals surface area contributed by atoms with Gasteiger partial charge in [0.2, 0.25) is 0 Å². The summed E-state index contributed by atoms with van der Waals surface area (Å²) in [6, 6.07) is 0. The van der Waals surface area contributed by atoms with Crippen LogP contribution < -0.4 is 5.32 Å². The lowest BCUT2D eigenvalue weighted by atomic mass is 9.95. The first-order valence-electron chi connectivity index (χ1n) is 6.07. The van der Waals surface area contributed by atoms with Crippen LogP contribution in [0.4, 0.5) is 0 Å². The van der Waals surface area contributed by atoms with Crippen LogP contribution in [0, 0.1) is 0 Å². The van der Waals surface area contributed by atoms with Crippen molar-refractivity contribution in [2.24, 2.45) is 0 Å². The van der Waals surface area contributed by atoms with Gasteiger partial charge in [-0.25, -0.2) is 0 Å². The van der Waals surface area contributed by atoms with Crippen LogP contribution in [0.1, 0.15) is 52.9 Å². The number of hydrogen-bond donors (Lipinski definition) is 1. The zero-order valence-corrected chi connectivity index (χ0v) is 9.94. The summed E-state index contributed by atoms with van der Waals surface area (Å²) in [5, 5.41) is 3.64. The number of hydrogen-bond acceptors (Lipinski definition) is 2. The number of nitrogens with one attached hydrogen (secondary N) is 1. The van der Waals surface area contributed by atoms with Crippen LogP contribution in [-0.4, -0.2) is 24.8 Å². The van der Waals surface area contributed by atoms with E-state index in [2.05, 4.69) is 26.1 Å². The fourth-order valence-corrected chi connectivity index (χ4v) is 1.83. The standard InChI is InChI=1S/C12H25NO/c1-4-12(3,5-2)13-10-11-8-6-7-9-14-11/h11,13H,4-10H2,1-3H3. The Morgan fingerprint density at radius 1 is 1.29 bits per heavy atom. The van der Waals surface area contributed by atoms with Gasteiger partial charge in [0.1, 0.15) is 0 Å². The minimum Gasteiger partial charge on any atom is -0.377 e. The molecule has 0 bridgehead atoms. The van der Waals surface area contributed by atoms with Crippen molar-refractivity contribution in [1.29, 1.82) is 0 Å². The third-order valence-electron chi connectivity index (χ3n) is 3.59. The Hall–Kier alpha value is -0.0800. The summed E-state index contributed by atoms with van der Waals surface area (Å²) in [5.41, 5.74) is 0.306. The molecule has 1 unspecified atom stereocenters. The van der Waals surface area contributed by atoms with E-state index in [1.54, 1.807) is 0 Å². The van der Waals surface area contributed by atoms with E-state index in [1.165, 1.54) is 32.1 Å². The Morgan fingerprint density at radius 2 is 2.00 bits per heavy atom. The van der Waals surface area contributed by atoms with Crippen molar-refractivity contribution >= 4 is 0 Å². The first-order chi connectivity index (χ1) is 6.70. The SMILES string of the molecule is CCC(C)(CC)NCC1CCCCO1. The summed E-state index contributed by atoms with van der Waals surface area (Å²) >= 11 is 0. The molecule has 1 saturated heterocycles. The Kier molecular flexibility index (Phi) is 4.90. The quantitative estimate of drug-likeness (QED) is 0.735. The predicted molar refractivity (Wildman–Crippen MR) is 60.6 cm³/mol. The fourth-order valence-electron chi connectivity index (χ4n) is 1.83. The summed E-state index contributed by atoms with van der Waals surface area (Å²) in [4.78, 5) is 0. The van der Waals surface area contributed by atoms with Gasteiger partial charge in [-0.1, -0.05) is 13.8 Å². The maximum atomic E-state index is 5.70. The average molecular weight is 199 g/mol. The highest BCUT2D eigenvalue weighted by atomic mass is 16.5. The molecule has 0 spiro atoms. The van der Waals surface area contributed by atoms with Crippen LogP contribution in [0.25, 0.3) is 0 Å². The monoisotopic (exact) mass is 199 g/mol. The zero-order valence-electron chi connectivity index (χ0n) is 9.94. The van der Waals surface area contributed by atoms with E-state index in [4.69, 9.17) is 4.74 Å². The molecule has 84 valence electrons. The van der Waals surface area contributed by atoms with Crippen molar-refractivity contribution in [1.82, 2.24) is 5.32 Å². The van der Waals surface area contributed by atoms with Crippen molar-refractivity contribution in [3.8, 4) is 0 Å². The minimum absolute atomic E-state index is 0.306. The molecule has 0 aromatic heterocycles. The van der Waals surface area contributed by atoms with Crippen molar-refractivity contribution in [3.05, 3.63) is 0 Å². The molecule has 0 aromatic carbocycles. The molecule has 1 atom stereocenters. The van der Waals surface area contributed by atoms with Gasteiger partial charge in [0.15, 0.2) is 0 Å². The molecule has 1 rings (SSSR count). The molecule has 0 aliphatic carbocycles.